The van der Waals surface area contributed by atoms with E-state index in [1.54, 1.807) is 11.9 Å². The second-order valence-corrected chi connectivity index (χ2v) is 5.39. The van der Waals surface area contributed by atoms with E-state index in [1.165, 1.54) is 18.2 Å². The molecule has 1 amide bonds. The number of amides is 1. The minimum absolute atomic E-state index is 0.0493. The number of rotatable bonds is 4. The van der Waals surface area contributed by atoms with Crippen molar-refractivity contribution in [1.29, 1.82) is 0 Å². The normalized spacial score (nSPS) is 16.1. The van der Waals surface area contributed by atoms with Crippen molar-refractivity contribution in [2.24, 2.45) is 0 Å². The number of carbonyl (C=O) groups is 1. The van der Waals surface area contributed by atoms with Crippen LogP contribution in [0.25, 0.3) is 0 Å². The highest BCUT2D eigenvalue weighted by Gasteiger charge is 2.17. The lowest BCUT2D eigenvalue weighted by molar-refractivity contribution is 0.0774. The third-order valence-electron chi connectivity index (χ3n) is 3.49. The predicted octanol–water partition coefficient (Wildman–Crippen LogP) is 1.02. The highest BCUT2D eigenvalue weighted by molar-refractivity contribution is 6.33. The Balaban J connectivity index is 1.92. The molecule has 1 aliphatic rings. The number of hydrogen-bond donors (Lipinski definition) is 2. The number of halogens is 1. The van der Waals surface area contributed by atoms with E-state index in [0.29, 0.717) is 17.1 Å². The molecule has 0 bridgehead atoms. The van der Waals surface area contributed by atoms with Crippen molar-refractivity contribution in [2.75, 3.05) is 46.3 Å². The average molecular weight is 298 g/mol. The minimum atomic E-state index is -0.166. The lowest BCUT2D eigenvalue weighted by Gasteiger charge is -2.29. The molecule has 20 heavy (non-hydrogen) atoms. The Labute approximate surface area is 124 Å². The number of aromatic hydroxyl groups is 1. The van der Waals surface area contributed by atoms with Crippen molar-refractivity contribution in [1.82, 2.24) is 15.1 Å². The van der Waals surface area contributed by atoms with Gasteiger partial charge in [-0.05, 0) is 18.2 Å². The molecular formula is C14H20ClN3O2. The Kier molecular flexibility index (Phi) is 5.23. The number of benzene rings is 1. The van der Waals surface area contributed by atoms with Gasteiger partial charge >= 0.3 is 0 Å². The number of nitrogens with one attached hydrogen (secondary N) is 1. The van der Waals surface area contributed by atoms with E-state index in [2.05, 4.69) is 10.2 Å². The highest BCUT2D eigenvalue weighted by Crippen LogP contribution is 2.22. The van der Waals surface area contributed by atoms with Gasteiger partial charge in [0, 0.05) is 46.3 Å². The Morgan fingerprint density at radius 3 is 2.85 bits per heavy atom. The molecule has 1 fully saturated rings. The van der Waals surface area contributed by atoms with Gasteiger partial charge in [-0.1, -0.05) is 11.6 Å². The first-order valence-electron chi connectivity index (χ1n) is 6.75. The molecule has 1 aliphatic heterocycles. The van der Waals surface area contributed by atoms with Crippen molar-refractivity contribution in [2.45, 2.75) is 0 Å². The smallest absolute Gasteiger partial charge is 0.255 e. The van der Waals surface area contributed by atoms with E-state index in [9.17, 15) is 9.90 Å². The van der Waals surface area contributed by atoms with E-state index >= 15 is 0 Å². The molecule has 1 saturated heterocycles. The van der Waals surface area contributed by atoms with Crippen LogP contribution in [0.4, 0.5) is 0 Å². The van der Waals surface area contributed by atoms with Gasteiger partial charge in [0.1, 0.15) is 5.75 Å². The Morgan fingerprint density at radius 2 is 2.15 bits per heavy atom. The van der Waals surface area contributed by atoms with Gasteiger partial charge in [-0.15, -0.1) is 0 Å². The number of hydrogen-bond acceptors (Lipinski definition) is 4. The van der Waals surface area contributed by atoms with E-state index in [-0.39, 0.29) is 11.7 Å². The molecule has 0 radical (unpaired) electrons. The molecule has 1 heterocycles. The molecule has 0 aromatic heterocycles. The Morgan fingerprint density at radius 1 is 1.45 bits per heavy atom. The molecule has 0 spiro atoms. The maximum absolute atomic E-state index is 12.3. The van der Waals surface area contributed by atoms with Crippen LogP contribution < -0.4 is 5.32 Å². The summed E-state index contributed by atoms with van der Waals surface area (Å²) in [5, 5.41) is 13.1. The van der Waals surface area contributed by atoms with Crippen LogP contribution in [0, 0.1) is 0 Å². The molecule has 1 aromatic rings. The zero-order valence-corrected chi connectivity index (χ0v) is 12.4. The molecule has 2 rings (SSSR count). The van der Waals surface area contributed by atoms with E-state index in [1.807, 2.05) is 0 Å². The molecule has 0 unspecified atom stereocenters. The monoisotopic (exact) mass is 297 g/mol. The van der Waals surface area contributed by atoms with Crippen LogP contribution in [0.2, 0.25) is 5.02 Å². The van der Waals surface area contributed by atoms with E-state index in [4.69, 9.17) is 11.6 Å². The van der Waals surface area contributed by atoms with Crippen LogP contribution in [0.3, 0.4) is 0 Å². The number of phenolic OH excluding ortho intramolecular Hbond substituents is 1. The fourth-order valence-electron chi connectivity index (χ4n) is 2.21. The average Bonchev–Trinajstić information content (AvgIpc) is 2.47. The fraction of sp³-hybridized carbons (Fsp3) is 0.500. The molecule has 0 saturated carbocycles. The maximum Gasteiger partial charge on any atom is 0.255 e. The van der Waals surface area contributed by atoms with Crippen LogP contribution >= 0.6 is 11.6 Å². The van der Waals surface area contributed by atoms with Crippen LogP contribution in [0.5, 0.6) is 5.75 Å². The molecule has 0 atom stereocenters. The first kappa shape index (κ1) is 15.1. The first-order chi connectivity index (χ1) is 9.58. The minimum Gasteiger partial charge on any atom is -0.508 e. The summed E-state index contributed by atoms with van der Waals surface area (Å²) in [6, 6.07) is 4.42. The van der Waals surface area contributed by atoms with Gasteiger partial charge in [0.25, 0.3) is 5.91 Å². The quantitative estimate of drug-likeness (QED) is 0.871. The summed E-state index contributed by atoms with van der Waals surface area (Å²) < 4.78 is 0. The van der Waals surface area contributed by atoms with Gasteiger partial charge in [-0.25, -0.2) is 0 Å². The summed E-state index contributed by atoms with van der Waals surface area (Å²) in [4.78, 5) is 16.3. The summed E-state index contributed by atoms with van der Waals surface area (Å²) in [5.74, 6) is -0.116. The lowest BCUT2D eigenvalue weighted by Crippen LogP contribution is -2.46. The van der Waals surface area contributed by atoms with Crippen molar-refractivity contribution in [3.63, 3.8) is 0 Å². The van der Waals surface area contributed by atoms with E-state index in [0.717, 1.165) is 32.7 Å². The Hall–Kier alpha value is -1.30. The van der Waals surface area contributed by atoms with E-state index < -0.39 is 0 Å². The number of carbonyl (C=O) groups excluding carboxylic acids is 1. The molecule has 0 aliphatic carbocycles. The topological polar surface area (TPSA) is 55.8 Å². The summed E-state index contributed by atoms with van der Waals surface area (Å²) in [6.07, 6.45) is 0. The number of piperazine rings is 1. The van der Waals surface area contributed by atoms with Gasteiger partial charge in [-0.2, -0.15) is 0 Å². The van der Waals surface area contributed by atoms with Gasteiger partial charge in [-0.3, -0.25) is 9.69 Å². The SMILES string of the molecule is CN(CCN1CCNCC1)C(=O)c1cc(O)ccc1Cl. The van der Waals surface area contributed by atoms with Crippen molar-refractivity contribution in [3.8, 4) is 5.75 Å². The molecule has 1 aromatic carbocycles. The predicted molar refractivity (Wildman–Crippen MR) is 79.4 cm³/mol. The van der Waals surface area contributed by atoms with Crippen molar-refractivity contribution >= 4 is 17.5 Å². The third kappa shape index (κ3) is 3.85. The second kappa shape index (κ2) is 6.92. The third-order valence-corrected chi connectivity index (χ3v) is 3.82. The second-order valence-electron chi connectivity index (χ2n) is 4.98. The molecular weight excluding hydrogens is 278 g/mol. The molecule has 2 N–H and O–H groups in total. The number of likely N-dealkylation sites (N-methyl/N-ethyl adjacent to an activating group) is 1. The molecule has 110 valence electrons. The zero-order valence-electron chi connectivity index (χ0n) is 11.6. The summed E-state index contributed by atoms with van der Waals surface area (Å²) >= 11 is 6.01. The van der Waals surface area contributed by atoms with Crippen LogP contribution in [-0.4, -0.2) is 67.1 Å². The van der Waals surface area contributed by atoms with Crippen LogP contribution in [0.15, 0.2) is 18.2 Å². The lowest BCUT2D eigenvalue weighted by atomic mass is 10.2. The van der Waals surface area contributed by atoms with Crippen LogP contribution in [0.1, 0.15) is 10.4 Å². The fourth-order valence-corrected chi connectivity index (χ4v) is 2.41. The molecule has 6 heteroatoms. The first-order valence-corrected chi connectivity index (χ1v) is 7.13. The summed E-state index contributed by atoms with van der Waals surface area (Å²) in [5.41, 5.74) is 0.342. The van der Waals surface area contributed by atoms with Gasteiger partial charge < -0.3 is 15.3 Å². The maximum atomic E-state index is 12.3. The Bertz CT molecular complexity index is 475. The summed E-state index contributed by atoms with van der Waals surface area (Å²) in [7, 11) is 1.75. The number of phenols is 1. The molecule has 5 nitrogen and oxygen atoms in total. The van der Waals surface area contributed by atoms with Gasteiger partial charge in [0.05, 0.1) is 10.6 Å². The number of nitrogens with zero attached hydrogens (tertiary/aromatic N) is 2. The highest BCUT2D eigenvalue weighted by atomic mass is 35.5. The van der Waals surface area contributed by atoms with Gasteiger partial charge in [0.15, 0.2) is 0 Å². The van der Waals surface area contributed by atoms with Crippen molar-refractivity contribution in [3.05, 3.63) is 28.8 Å². The zero-order chi connectivity index (χ0) is 14.5. The largest absolute Gasteiger partial charge is 0.508 e. The standard InChI is InChI=1S/C14H20ClN3O2/c1-17(8-9-18-6-4-16-5-7-18)14(20)12-10-11(19)2-3-13(12)15/h2-3,10,16,19H,4-9H2,1H3. The van der Waals surface area contributed by atoms with Crippen LogP contribution in [-0.2, 0) is 0 Å². The van der Waals surface area contributed by atoms with Crippen molar-refractivity contribution < 1.29 is 9.90 Å². The van der Waals surface area contributed by atoms with Gasteiger partial charge in [0.2, 0.25) is 0 Å². The summed E-state index contributed by atoms with van der Waals surface area (Å²) in [6.45, 7) is 5.50.